The largest absolute Gasteiger partial charge is 0.361 e. The molecule has 1 aromatic carbocycles. The molecule has 2 aromatic heterocycles. The third kappa shape index (κ3) is 1.86. The molecule has 2 heterocycles. The Bertz CT molecular complexity index is 710. The number of anilines is 1. The molecule has 0 unspecified atom stereocenters. The minimum Gasteiger partial charge on any atom is -0.361 e. The second-order valence-corrected chi connectivity index (χ2v) is 4.17. The number of nitrogens with zero attached hydrogens (tertiary/aromatic N) is 1. The molecule has 0 aliphatic rings. The number of hydrogen-bond donors (Lipinski definition) is 3. The SMILES string of the molecule is Cc1cc(C(=O)Nc2ccc3[nH]ccc3c2)n[nH]1. The van der Waals surface area contributed by atoms with Crippen LogP contribution in [0.3, 0.4) is 0 Å². The smallest absolute Gasteiger partial charge is 0.276 e. The first-order chi connectivity index (χ1) is 8.72. The fourth-order valence-electron chi connectivity index (χ4n) is 1.86. The van der Waals surface area contributed by atoms with E-state index in [-0.39, 0.29) is 5.91 Å². The third-order valence-electron chi connectivity index (χ3n) is 2.75. The van der Waals surface area contributed by atoms with Gasteiger partial charge in [-0.05, 0) is 37.3 Å². The molecule has 0 saturated heterocycles. The molecule has 5 nitrogen and oxygen atoms in total. The highest BCUT2D eigenvalue weighted by Crippen LogP contribution is 2.18. The molecular formula is C13H12N4O. The van der Waals surface area contributed by atoms with Gasteiger partial charge >= 0.3 is 0 Å². The van der Waals surface area contributed by atoms with E-state index in [1.165, 1.54) is 0 Å². The van der Waals surface area contributed by atoms with E-state index in [0.717, 1.165) is 22.3 Å². The predicted octanol–water partition coefficient (Wildman–Crippen LogP) is 2.45. The van der Waals surface area contributed by atoms with Crippen molar-refractivity contribution >= 4 is 22.5 Å². The maximum absolute atomic E-state index is 11.9. The number of H-pyrrole nitrogens is 2. The van der Waals surface area contributed by atoms with Gasteiger partial charge in [-0.2, -0.15) is 5.10 Å². The van der Waals surface area contributed by atoms with E-state index >= 15 is 0 Å². The summed E-state index contributed by atoms with van der Waals surface area (Å²) in [5.74, 6) is -0.214. The molecule has 18 heavy (non-hydrogen) atoms. The monoisotopic (exact) mass is 240 g/mol. The van der Waals surface area contributed by atoms with Gasteiger partial charge in [0, 0.05) is 28.5 Å². The van der Waals surface area contributed by atoms with Crippen LogP contribution < -0.4 is 5.32 Å². The third-order valence-corrected chi connectivity index (χ3v) is 2.75. The number of rotatable bonds is 2. The topological polar surface area (TPSA) is 73.6 Å². The van der Waals surface area contributed by atoms with E-state index in [2.05, 4.69) is 20.5 Å². The van der Waals surface area contributed by atoms with Crippen LogP contribution in [0.4, 0.5) is 5.69 Å². The number of fused-ring (bicyclic) bond motifs is 1. The lowest BCUT2D eigenvalue weighted by atomic mass is 10.2. The first kappa shape index (κ1) is 10.6. The van der Waals surface area contributed by atoms with Gasteiger partial charge in [0.05, 0.1) is 0 Å². The van der Waals surface area contributed by atoms with Crippen molar-refractivity contribution in [2.24, 2.45) is 0 Å². The lowest BCUT2D eigenvalue weighted by Crippen LogP contribution is -2.12. The molecule has 3 rings (SSSR count). The van der Waals surface area contributed by atoms with E-state index in [4.69, 9.17) is 0 Å². The highest BCUT2D eigenvalue weighted by atomic mass is 16.1. The van der Waals surface area contributed by atoms with Crippen LogP contribution in [0.25, 0.3) is 10.9 Å². The van der Waals surface area contributed by atoms with Crippen LogP contribution in [0, 0.1) is 6.92 Å². The summed E-state index contributed by atoms with van der Waals surface area (Å²) in [6.45, 7) is 1.86. The molecule has 3 N–H and O–H groups in total. The minimum absolute atomic E-state index is 0.214. The van der Waals surface area contributed by atoms with Crippen molar-refractivity contribution in [3.8, 4) is 0 Å². The van der Waals surface area contributed by atoms with Crippen LogP contribution >= 0.6 is 0 Å². The number of carbonyl (C=O) groups excluding carboxylic acids is 1. The number of hydrogen-bond acceptors (Lipinski definition) is 2. The lowest BCUT2D eigenvalue weighted by molar-refractivity contribution is 0.102. The summed E-state index contributed by atoms with van der Waals surface area (Å²) < 4.78 is 0. The number of aryl methyl sites for hydroxylation is 1. The highest BCUT2D eigenvalue weighted by molar-refractivity contribution is 6.03. The number of amides is 1. The maximum atomic E-state index is 11.9. The standard InChI is InChI=1S/C13H12N4O/c1-8-6-12(17-16-8)13(18)15-10-2-3-11-9(7-10)4-5-14-11/h2-7,14H,1H3,(H,15,18)(H,16,17). The summed E-state index contributed by atoms with van der Waals surface area (Å²) >= 11 is 0. The molecule has 0 atom stereocenters. The summed E-state index contributed by atoms with van der Waals surface area (Å²) in [7, 11) is 0. The van der Waals surface area contributed by atoms with Crippen LogP contribution in [0.5, 0.6) is 0 Å². The number of aromatic nitrogens is 3. The Morgan fingerprint density at radius 3 is 2.94 bits per heavy atom. The first-order valence-electron chi connectivity index (χ1n) is 5.63. The molecule has 0 fully saturated rings. The molecule has 0 radical (unpaired) electrons. The average molecular weight is 240 g/mol. The van der Waals surface area contributed by atoms with Gasteiger partial charge in [0.1, 0.15) is 0 Å². The predicted molar refractivity (Wildman–Crippen MR) is 69.6 cm³/mol. The molecule has 0 saturated carbocycles. The molecule has 0 aliphatic carbocycles. The van der Waals surface area contributed by atoms with Gasteiger partial charge in [-0.1, -0.05) is 0 Å². The van der Waals surface area contributed by atoms with Crippen molar-refractivity contribution in [2.45, 2.75) is 6.92 Å². The average Bonchev–Trinajstić information content (AvgIpc) is 2.96. The molecule has 90 valence electrons. The first-order valence-corrected chi connectivity index (χ1v) is 5.63. The van der Waals surface area contributed by atoms with Crippen LogP contribution in [0.2, 0.25) is 0 Å². The summed E-state index contributed by atoms with van der Waals surface area (Å²) in [5.41, 5.74) is 3.05. The van der Waals surface area contributed by atoms with Crippen molar-refractivity contribution < 1.29 is 4.79 Å². The lowest BCUT2D eigenvalue weighted by Gasteiger charge is -2.02. The molecule has 3 aromatic rings. The van der Waals surface area contributed by atoms with Crippen LogP contribution in [0.15, 0.2) is 36.5 Å². The van der Waals surface area contributed by atoms with E-state index in [1.807, 2.05) is 37.4 Å². The number of benzene rings is 1. The Morgan fingerprint density at radius 1 is 1.28 bits per heavy atom. The zero-order valence-corrected chi connectivity index (χ0v) is 9.82. The molecule has 5 heteroatoms. The van der Waals surface area contributed by atoms with Crippen molar-refractivity contribution in [2.75, 3.05) is 5.32 Å². The van der Waals surface area contributed by atoms with Gasteiger partial charge < -0.3 is 10.3 Å². The van der Waals surface area contributed by atoms with Gasteiger partial charge in [-0.3, -0.25) is 9.89 Å². The summed E-state index contributed by atoms with van der Waals surface area (Å²) in [4.78, 5) is 15.0. The van der Waals surface area contributed by atoms with Crippen molar-refractivity contribution in [3.63, 3.8) is 0 Å². The summed E-state index contributed by atoms with van der Waals surface area (Å²) in [6.07, 6.45) is 1.87. The maximum Gasteiger partial charge on any atom is 0.276 e. The normalized spacial score (nSPS) is 10.7. The Morgan fingerprint density at radius 2 is 2.17 bits per heavy atom. The second-order valence-electron chi connectivity index (χ2n) is 4.17. The highest BCUT2D eigenvalue weighted by Gasteiger charge is 2.09. The summed E-state index contributed by atoms with van der Waals surface area (Å²) in [5, 5.41) is 10.5. The molecular weight excluding hydrogens is 228 g/mol. The Balaban J connectivity index is 1.85. The van der Waals surface area contributed by atoms with Gasteiger partial charge in [0.15, 0.2) is 5.69 Å². The van der Waals surface area contributed by atoms with Gasteiger partial charge in [-0.15, -0.1) is 0 Å². The number of aromatic amines is 2. The fraction of sp³-hybridized carbons (Fsp3) is 0.0769. The van der Waals surface area contributed by atoms with Crippen LogP contribution in [-0.4, -0.2) is 21.1 Å². The van der Waals surface area contributed by atoms with E-state index in [0.29, 0.717) is 5.69 Å². The molecule has 0 bridgehead atoms. The fourth-order valence-corrected chi connectivity index (χ4v) is 1.86. The number of nitrogens with one attached hydrogen (secondary N) is 3. The van der Waals surface area contributed by atoms with Crippen LogP contribution in [0.1, 0.15) is 16.2 Å². The second kappa shape index (κ2) is 4.03. The zero-order valence-electron chi connectivity index (χ0n) is 9.82. The van der Waals surface area contributed by atoms with Gasteiger partial charge in [0.25, 0.3) is 5.91 Å². The summed E-state index contributed by atoms with van der Waals surface area (Å²) in [6, 6.07) is 9.38. The molecule has 0 aliphatic heterocycles. The Labute approximate surface area is 103 Å². The van der Waals surface area contributed by atoms with E-state index < -0.39 is 0 Å². The minimum atomic E-state index is -0.214. The van der Waals surface area contributed by atoms with Crippen molar-refractivity contribution in [1.29, 1.82) is 0 Å². The number of carbonyl (C=O) groups is 1. The zero-order chi connectivity index (χ0) is 12.5. The van der Waals surface area contributed by atoms with Crippen LogP contribution in [-0.2, 0) is 0 Å². The van der Waals surface area contributed by atoms with Crippen molar-refractivity contribution in [3.05, 3.63) is 47.9 Å². The van der Waals surface area contributed by atoms with E-state index in [1.54, 1.807) is 6.07 Å². The van der Waals surface area contributed by atoms with E-state index in [9.17, 15) is 4.79 Å². The van der Waals surface area contributed by atoms with Gasteiger partial charge in [-0.25, -0.2) is 0 Å². The quantitative estimate of drug-likeness (QED) is 0.643. The molecule has 1 amide bonds. The van der Waals surface area contributed by atoms with Gasteiger partial charge in [0.2, 0.25) is 0 Å². The molecule has 0 spiro atoms. The Hall–Kier alpha value is -2.56. The van der Waals surface area contributed by atoms with Crippen molar-refractivity contribution in [1.82, 2.24) is 15.2 Å². The Kier molecular flexibility index (Phi) is 2.37.